The highest BCUT2D eigenvalue weighted by Gasteiger charge is 2.06. The molecule has 0 bridgehead atoms. The van der Waals surface area contributed by atoms with Crippen LogP contribution in [0, 0.1) is 11.3 Å². The molecule has 2 rings (SSSR count). The maximum absolute atomic E-state index is 8.75. The molecular weight excluding hydrogens is 355 g/mol. The molecule has 0 unspecified atom stereocenters. The molecule has 92 valence electrons. The van der Waals surface area contributed by atoms with Crippen molar-refractivity contribution in [2.45, 2.75) is 6.54 Å². The summed E-state index contributed by atoms with van der Waals surface area (Å²) in [5, 5.41) is 12.5. The molecule has 0 aliphatic carbocycles. The first-order valence-electron chi connectivity index (χ1n) is 4.97. The van der Waals surface area contributed by atoms with E-state index in [4.69, 9.17) is 28.5 Å². The molecule has 1 aromatic carbocycles. The van der Waals surface area contributed by atoms with Crippen LogP contribution in [0.2, 0.25) is 9.36 Å². The van der Waals surface area contributed by atoms with E-state index >= 15 is 0 Å². The molecule has 0 saturated heterocycles. The van der Waals surface area contributed by atoms with Crippen molar-refractivity contribution in [2.24, 2.45) is 0 Å². The number of benzene rings is 1. The van der Waals surface area contributed by atoms with Crippen molar-refractivity contribution in [1.82, 2.24) is 0 Å². The Labute approximate surface area is 127 Å². The summed E-state index contributed by atoms with van der Waals surface area (Å²) in [4.78, 5) is 1.10. The maximum Gasteiger partial charge on any atom is 0.107 e. The molecule has 0 fully saturated rings. The summed E-state index contributed by atoms with van der Waals surface area (Å²) in [7, 11) is 0. The van der Waals surface area contributed by atoms with E-state index in [-0.39, 0.29) is 0 Å². The summed E-state index contributed by atoms with van der Waals surface area (Å²) in [6.45, 7) is 0.640. The second kappa shape index (κ2) is 5.94. The van der Waals surface area contributed by atoms with Gasteiger partial charge in [0, 0.05) is 15.9 Å². The monoisotopic (exact) mass is 360 g/mol. The van der Waals surface area contributed by atoms with Crippen LogP contribution in [0.25, 0.3) is 0 Å². The predicted octanol–water partition coefficient (Wildman–Crippen LogP) is 5.30. The zero-order valence-electron chi connectivity index (χ0n) is 9.01. The lowest BCUT2D eigenvalue weighted by Crippen LogP contribution is -1.98. The average molecular weight is 362 g/mol. The van der Waals surface area contributed by atoms with Crippen LogP contribution in [0.1, 0.15) is 10.4 Å². The number of hydrogen-bond donors (Lipinski definition) is 1. The van der Waals surface area contributed by atoms with Crippen LogP contribution in [0.4, 0.5) is 5.69 Å². The first-order valence-corrected chi connectivity index (χ1v) is 7.34. The number of nitriles is 1. The SMILES string of the molecule is N#Cc1ccc(NCc2cc(Br)c(Cl)s2)c(Cl)c1. The van der Waals surface area contributed by atoms with Crippen LogP contribution in [0.3, 0.4) is 0 Å². The van der Waals surface area contributed by atoms with Gasteiger partial charge in [-0.15, -0.1) is 11.3 Å². The smallest absolute Gasteiger partial charge is 0.107 e. The second-order valence-electron chi connectivity index (χ2n) is 3.49. The Bertz CT molecular complexity index is 600. The van der Waals surface area contributed by atoms with Gasteiger partial charge in [0.05, 0.1) is 22.3 Å². The lowest BCUT2D eigenvalue weighted by molar-refractivity contribution is 1.19. The Kier molecular flexibility index (Phi) is 4.52. The molecule has 1 aromatic heterocycles. The normalized spacial score (nSPS) is 10.1. The highest BCUT2D eigenvalue weighted by Crippen LogP contribution is 2.32. The van der Waals surface area contributed by atoms with Gasteiger partial charge < -0.3 is 5.32 Å². The van der Waals surface area contributed by atoms with Gasteiger partial charge in [-0.2, -0.15) is 5.26 Å². The quantitative estimate of drug-likeness (QED) is 0.804. The molecule has 2 nitrogen and oxygen atoms in total. The van der Waals surface area contributed by atoms with E-state index < -0.39 is 0 Å². The highest BCUT2D eigenvalue weighted by molar-refractivity contribution is 9.10. The topological polar surface area (TPSA) is 35.8 Å². The Morgan fingerprint density at radius 2 is 2.11 bits per heavy atom. The third-order valence-electron chi connectivity index (χ3n) is 2.25. The molecule has 2 aromatic rings. The van der Waals surface area contributed by atoms with E-state index in [0.717, 1.165) is 19.4 Å². The van der Waals surface area contributed by atoms with E-state index in [9.17, 15) is 0 Å². The summed E-state index contributed by atoms with van der Waals surface area (Å²) >= 11 is 16.9. The van der Waals surface area contributed by atoms with Crippen molar-refractivity contribution in [1.29, 1.82) is 5.26 Å². The fourth-order valence-electron chi connectivity index (χ4n) is 1.39. The zero-order valence-corrected chi connectivity index (χ0v) is 12.9. The van der Waals surface area contributed by atoms with Crippen molar-refractivity contribution in [3.05, 3.63) is 48.5 Å². The van der Waals surface area contributed by atoms with Crippen molar-refractivity contribution < 1.29 is 0 Å². The fourth-order valence-corrected chi connectivity index (χ4v) is 3.37. The standard InChI is InChI=1S/C12H7BrCl2N2S/c13-9-4-8(18-12(9)15)6-17-11-2-1-7(5-16)3-10(11)14/h1-4,17H,6H2. The summed E-state index contributed by atoms with van der Waals surface area (Å²) in [6, 6.07) is 9.18. The third-order valence-corrected chi connectivity index (χ3v) is 5.03. The van der Waals surface area contributed by atoms with E-state index in [1.165, 1.54) is 11.3 Å². The minimum absolute atomic E-state index is 0.538. The van der Waals surface area contributed by atoms with Gasteiger partial charge in [0.2, 0.25) is 0 Å². The summed E-state index contributed by atoms with van der Waals surface area (Å²) in [5.41, 5.74) is 1.35. The Hall–Kier alpha value is -0.730. The number of hydrogen-bond acceptors (Lipinski definition) is 3. The van der Waals surface area contributed by atoms with Crippen molar-refractivity contribution in [2.75, 3.05) is 5.32 Å². The summed E-state index contributed by atoms with van der Waals surface area (Å²) < 4.78 is 1.63. The van der Waals surface area contributed by atoms with Crippen LogP contribution in [-0.4, -0.2) is 0 Å². The minimum Gasteiger partial charge on any atom is -0.379 e. The van der Waals surface area contributed by atoms with Crippen LogP contribution in [-0.2, 0) is 6.54 Å². The molecule has 1 N–H and O–H groups in total. The van der Waals surface area contributed by atoms with Gasteiger partial charge >= 0.3 is 0 Å². The number of halogens is 3. The van der Waals surface area contributed by atoms with Gasteiger partial charge in [-0.3, -0.25) is 0 Å². The largest absolute Gasteiger partial charge is 0.379 e. The molecule has 0 amide bonds. The van der Waals surface area contributed by atoms with Gasteiger partial charge in [-0.1, -0.05) is 23.2 Å². The first-order chi connectivity index (χ1) is 8.60. The van der Waals surface area contributed by atoms with E-state index in [1.54, 1.807) is 18.2 Å². The number of anilines is 1. The zero-order chi connectivity index (χ0) is 13.1. The van der Waals surface area contributed by atoms with Gasteiger partial charge in [0.1, 0.15) is 4.34 Å². The van der Waals surface area contributed by atoms with Gasteiger partial charge in [-0.25, -0.2) is 0 Å². The van der Waals surface area contributed by atoms with Crippen LogP contribution >= 0.6 is 50.5 Å². The molecule has 0 aliphatic heterocycles. The molecule has 18 heavy (non-hydrogen) atoms. The molecule has 0 atom stereocenters. The number of nitrogens with zero attached hydrogens (tertiary/aromatic N) is 1. The van der Waals surface area contributed by atoms with E-state index in [2.05, 4.69) is 21.2 Å². The Morgan fingerprint density at radius 3 is 2.67 bits per heavy atom. The summed E-state index contributed by atoms with van der Waals surface area (Å²) in [6.07, 6.45) is 0. The second-order valence-corrected chi connectivity index (χ2v) is 6.49. The van der Waals surface area contributed by atoms with Gasteiger partial charge in [0.25, 0.3) is 0 Å². The third kappa shape index (κ3) is 3.18. The molecular formula is C12H7BrCl2N2S. The van der Waals surface area contributed by atoms with Crippen LogP contribution in [0.5, 0.6) is 0 Å². The van der Waals surface area contributed by atoms with E-state index in [1.807, 2.05) is 12.1 Å². The average Bonchev–Trinajstić information content (AvgIpc) is 2.67. The molecule has 0 saturated carbocycles. The number of rotatable bonds is 3. The maximum atomic E-state index is 8.75. The summed E-state index contributed by atoms with van der Waals surface area (Å²) in [5.74, 6) is 0. The minimum atomic E-state index is 0.538. The van der Waals surface area contributed by atoms with Crippen LogP contribution < -0.4 is 5.32 Å². The fraction of sp³-hybridized carbons (Fsp3) is 0.0833. The number of thiophene rings is 1. The lowest BCUT2D eigenvalue weighted by atomic mass is 10.2. The lowest BCUT2D eigenvalue weighted by Gasteiger charge is -2.06. The van der Waals surface area contributed by atoms with Gasteiger partial charge in [0.15, 0.2) is 0 Å². The van der Waals surface area contributed by atoms with Crippen LogP contribution in [0.15, 0.2) is 28.7 Å². The van der Waals surface area contributed by atoms with Crippen molar-refractivity contribution >= 4 is 56.2 Å². The molecule has 0 aliphatic rings. The molecule has 0 spiro atoms. The Morgan fingerprint density at radius 1 is 1.33 bits per heavy atom. The predicted molar refractivity (Wildman–Crippen MR) is 80.5 cm³/mol. The molecule has 6 heteroatoms. The molecule has 0 radical (unpaired) electrons. The van der Waals surface area contributed by atoms with E-state index in [0.29, 0.717) is 17.1 Å². The van der Waals surface area contributed by atoms with Crippen molar-refractivity contribution in [3.8, 4) is 6.07 Å². The Balaban J connectivity index is 2.09. The molecule has 1 heterocycles. The van der Waals surface area contributed by atoms with Gasteiger partial charge in [-0.05, 0) is 40.2 Å². The highest BCUT2D eigenvalue weighted by atomic mass is 79.9. The first kappa shape index (κ1) is 13.7. The number of nitrogens with one attached hydrogen (secondary N) is 1. The van der Waals surface area contributed by atoms with Crippen molar-refractivity contribution in [3.63, 3.8) is 0 Å².